The van der Waals surface area contributed by atoms with Crippen molar-refractivity contribution in [1.29, 1.82) is 0 Å². The number of hydrogen-bond donors (Lipinski definition) is 0. The Morgan fingerprint density at radius 3 is 2.34 bits per heavy atom. The normalized spacial score (nSPS) is 19.4. The zero-order valence-electron chi connectivity index (χ0n) is 18.4. The molecule has 0 spiro atoms. The predicted octanol–water partition coefficient (Wildman–Crippen LogP) is 2.87. The van der Waals surface area contributed by atoms with Gasteiger partial charge in [-0.3, -0.25) is 4.90 Å². The number of likely N-dealkylation sites (tertiary alicyclic amines) is 1. The smallest absolute Gasteiger partial charge is 0.229 e. The molecule has 8 nitrogen and oxygen atoms in total. The van der Waals surface area contributed by atoms with Gasteiger partial charge in [-0.2, -0.15) is 4.98 Å². The molecular weight excluding hydrogens is 442 g/mol. The van der Waals surface area contributed by atoms with Crippen LogP contribution in [0.5, 0.6) is 5.75 Å². The van der Waals surface area contributed by atoms with Gasteiger partial charge in [0.2, 0.25) is 15.9 Å². The van der Waals surface area contributed by atoms with Crippen molar-refractivity contribution in [3.05, 3.63) is 41.0 Å². The molecule has 1 aromatic heterocycles. The molecule has 0 unspecified atom stereocenters. The van der Waals surface area contributed by atoms with Gasteiger partial charge < -0.3 is 9.26 Å². The highest BCUT2D eigenvalue weighted by Crippen LogP contribution is 2.34. The molecule has 1 aromatic carbocycles. The lowest BCUT2D eigenvalue weighted by Gasteiger charge is -2.38. The van der Waals surface area contributed by atoms with Crippen molar-refractivity contribution < 1.29 is 26.5 Å². The van der Waals surface area contributed by atoms with Crippen molar-refractivity contribution in [2.75, 3.05) is 32.4 Å². The van der Waals surface area contributed by atoms with Crippen LogP contribution >= 0.6 is 0 Å². The van der Waals surface area contributed by atoms with E-state index in [4.69, 9.17) is 9.26 Å². The van der Waals surface area contributed by atoms with Gasteiger partial charge in [0.25, 0.3) is 0 Å². The standard InChI is InChI=1S/C21H28F2N4O4S/c1-13(2)21-24-19(25-31-21)12-26-10-16(11-26)30-20-17(22)8-15(9-18(20)23)14-4-6-27(7-5-14)32(3,28)29/h8-9,13-14,16H,4-7,10-12H2,1-3H3. The van der Waals surface area contributed by atoms with E-state index in [-0.39, 0.29) is 23.7 Å². The van der Waals surface area contributed by atoms with Crippen LogP contribution in [-0.2, 0) is 16.6 Å². The summed E-state index contributed by atoms with van der Waals surface area (Å²) in [5.74, 6) is -0.600. The molecule has 0 N–H and O–H groups in total. The molecule has 4 rings (SSSR count). The maximum absolute atomic E-state index is 14.7. The lowest BCUT2D eigenvalue weighted by molar-refractivity contribution is 0.00801. The first-order chi connectivity index (χ1) is 15.1. The van der Waals surface area contributed by atoms with E-state index < -0.39 is 21.7 Å². The highest BCUT2D eigenvalue weighted by molar-refractivity contribution is 7.88. The quantitative estimate of drug-likeness (QED) is 0.615. The van der Waals surface area contributed by atoms with Gasteiger partial charge in [-0.15, -0.1) is 0 Å². The van der Waals surface area contributed by atoms with Crippen LogP contribution in [0.3, 0.4) is 0 Å². The molecule has 2 aliphatic heterocycles. The Hall–Kier alpha value is -2.11. The van der Waals surface area contributed by atoms with E-state index in [1.807, 2.05) is 18.7 Å². The average Bonchev–Trinajstić information content (AvgIpc) is 3.16. The molecule has 32 heavy (non-hydrogen) atoms. The fourth-order valence-electron chi connectivity index (χ4n) is 4.11. The highest BCUT2D eigenvalue weighted by atomic mass is 32.2. The summed E-state index contributed by atoms with van der Waals surface area (Å²) in [5, 5.41) is 3.94. The van der Waals surface area contributed by atoms with E-state index >= 15 is 0 Å². The molecule has 2 aliphatic rings. The number of rotatable bonds is 7. The summed E-state index contributed by atoms with van der Waals surface area (Å²) in [5.41, 5.74) is 0.536. The van der Waals surface area contributed by atoms with Gasteiger partial charge in [-0.05, 0) is 36.5 Å². The summed E-state index contributed by atoms with van der Waals surface area (Å²) >= 11 is 0. The lowest BCUT2D eigenvalue weighted by atomic mass is 9.90. The number of hydrogen-bond acceptors (Lipinski definition) is 7. The van der Waals surface area contributed by atoms with Crippen molar-refractivity contribution >= 4 is 10.0 Å². The zero-order valence-corrected chi connectivity index (χ0v) is 19.2. The van der Waals surface area contributed by atoms with E-state index in [1.165, 1.54) is 22.7 Å². The summed E-state index contributed by atoms with van der Waals surface area (Å²) < 4.78 is 64.8. The Balaban J connectivity index is 1.31. The van der Waals surface area contributed by atoms with Crippen LogP contribution in [0.15, 0.2) is 16.7 Å². The molecule has 11 heteroatoms. The topological polar surface area (TPSA) is 88.8 Å². The van der Waals surface area contributed by atoms with Crippen molar-refractivity contribution in [3.63, 3.8) is 0 Å². The minimum Gasteiger partial charge on any atom is -0.482 e. The van der Waals surface area contributed by atoms with Gasteiger partial charge in [-0.25, -0.2) is 21.5 Å². The highest BCUT2D eigenvalue weighted by Gasteiger charge is 2.32. The Morgan fingerprint density at radius 1 is 1.19 bits per heavy atom. The van der Waals surface area contributed by atoms with Crippen LogP contribution in [0.25, 0.3) is 0 Å². The lowest BCUT2D eigenvalue weighted by Crippen LogP contribution is -2.53. The fraction of sp³-hybridized carbons (Fsp3) is 0.619. The number of aromatic nitrogens is 2. The van der Waals surface area contributed by atoms with E-state index in [0.717, 1.165) is 0 Å². The Bertz CT molecular complexity index is 1040. The molecule has 0 radical (unpaired) electrons. The molecule has 0 aliphatic carbocycles. The summed E-state index contributed by atoms with van der Waals surface area (Å²) in [7, 11) is -3.24. The summed E-state index contributed by atoms with van der Waals surface area (Å²) in [4.78, 5) is 6.34. The van der Waals surface area contributed by atoms with Gasteiger partial charge >= 0.3 is 0 Å². The van der Waals surface area contributed by atoms with Crippen molar-refractivity contribution in [2.45, 2.75) is 51.2 Å². The second-order valence-electron chi connectivity index (χ2n) is 8.89. The minimum atomic E-state index is -3.24. The third-order valence-electron chi connectivity index (χ3n) is 5.97. The first-order valence-electron chi connectivity index (χ1n) is 10.8. The van der Waals surface area contributed by atoms with Crippen LogP contribution in [0.4, 0.5) is 8.78 Å². The van der Waals surface area contributed by atoms with Crippen LogP contribution in [0.2, 0.25) is 0 Å². The first-order valence-corrected chi connectivity index (χ1v) is 12.6. The fourth-order valence-corrected chi connectivity index (χ4v) is 4.98. The molecule has 0 atom stereocenters. The molecule has 0 bridgehead atoms. The number of piperidine rings is 1. The maximum Gasteiger partial charge on any atom is 0.229 e. The first kappa shape index (κ1) is 23.1. The van der Waals surface area contributed by atoms with Crippen LogP contribution in [0.1, 0.15) is 55.8 Å². The monoisotopic (exact) mass is 470 g/mol. The second kappa shape index (κ2) is 9.03. The third kappa shape index (κ3) is 5.10. The molecular formula is C21H28F2N4O4S. The molecule has 3 heterocycles. The molecule has 0 saturated carbocycles. The van der Waals surface area contributed by atoms with Crippen molar-refractivity contribution in [3.8, 4) is 5.75 Å². The average molecular weight is 471 g/mol. The molecule has 176 valence electrons. The van der Waals surface area contributed by atoms with Crippen LogP contribution in [-0.4, -0.2) is 66.3 Å². The molecule has 2 aromatic rings. The van der Waals surface area contributed by atoms with Gasteiger partial charge in [0.1, 0.15) is 6.10 Å². The van der Waals surface area contributed by atoms with Crippen LogP contribution < -0.4 is 4.74 Å². The third-order valence-corrected chi connectivity index (χ3v) is 7.27. The number of benzene rings is 1. The Kier molecular flexibility index (Phi) is 6.51. The Morgan fingerprint density at radius 2 is 1.81 bits per heavy atom. The second-order valence-corrected chi connectivity index (χ2v) is 10.9. The largest absolute Gasteiger partial charge is 0.482 e. The predicted molar refractivity (Wildman–Crippen MR) is 113 cm³/mol. The van der Waals surface area contributed by atoms with E-state index in [2.05, 4.69) is 10.1 Å². The van der Waals surface area contributed by atoms with Crippen molar-refractivity contribution in [2.24, 2.45) is 0 Å². The summed E-state index contributed by atoms with van der Waals surface area (Å²) in [6.07, 6.45) is 1.90. The van der Waals surface area contributed by atoms with E-state index in [0.29, 0.717) is 62.8 Å². The van der Waals surface area contributed by atoms with Gasteiger partial charge in [0.05, 0.1) is 12.8 Å². The molecule has 0 amide bonds. The summed E-state index contributed by atoms with van der Waals surface area (Å²) in [6, 6.07) is 2.62. The van der Waals surface area contributed by atoms with Gasteiger partial charge in [-0.1, -0.05) is 19.0 Å². The number of halogens is 2. The zero-order chi connectivity index (χ0) is 23.0. The Labute approximate surface area is 186 Å². The molecule has 2 saturated heterocycles. The number of ether oxygens (including phenoxy) is 1. The van der Waals surface area contributed by atoms with Gasteiger partial charge in [0, 0.05) is 32.1 Å². The minimum absolute atomic E-state index is 0.0871. The van der Waals surface area contributed by atoms with Crippen LogP contribution in [0, 0.1) is 11.6 Å². The molecule has 2 fully saturated rings. The van der Waals surface area contributed by atoms with Crippen molar-refractivity contribution in [1.82, 2.24) is 19.3 Å². The van der Waals surface area contributed by atoms with Gasteiger partial charge in [0.15, 0.2) is 23.2 Å². The number of nitrogens with zero attached hydrogens (tertiary/aromatic N) is 4. The van der Waals surface area contributed by atoms with E-state index in [1.54, 1.807) is 0 Å². The maximum atomic E-state index is 14.7. The summed E-state index contributed by atoms with van der Waals surface area (Å²) in [6.45, 7) is 6.15. The SMILES string of the molecule is CC(C)c1nc(CN2CC(Oc3c(F)cc(C4CCN(S(C)(=O)=O)CC4)cc3F)C2)no1. The van der Waals surface area contributed by atoms with E-state index in [9.17, 15) is 17.2 Å². The number of sulfonamides is 1.